The van der Waals surface area contributed by atoms with Crippen LogP contribution in [-0.2, 0) is 17.8 Å². The molecule has 0 aliphatic carbocycles. The van der Waals surface area contributed by atoms with E-state index in [-0.39, 0.29) is 18.5 Å². The van der Waals surface area contributed by atoms with E-state index in [1.807, 2.05) is 6.92 Å². The quantitative estimate of drug-likeness (QED) is 0.703. The Bertz CT molecular complexity index is 406. The third-order valence-electron chi connectivity index (χ3n) is 2.27. The number of nitrogens with one attached hydrogen (secondary N) is 2. The average Bonchev–Trinajstić information content (AvgIpc) is 2.80. The predicted molar refractivity (Wildman–Crippen MR) is 64.0 cm³/mol. The first-order valence-corrected chi connectivity index (χ1v) is 5.55. The van der Waals surface area contributed by atoms with Gasteiger partial charge < -0.3 is 9.73 Å². The van der Waals surface area contributed by atoms with Crippen LogP contribution in [0, 0.1) is 12.3 Å². The largest absolute Gasteiger partial charge is 0.444 e. The summed E-state index contributed by atoms with van der Waals surface area (Å²) < 4.78 is 5.41. The third-order valence-corrected chi connectivity index (χ3v) is 2.27. The van der Waals surface area contributed by atoms with Crippen LogP contribution in [0.3, 0.4) is 0 Å². The van der Waals surface area contributed by atoms with Crippen LogP contribution in [0.2, 0.25) is 0 Å². The maximum atomic E-state index is 11.5. The molecule has 1 unspecified atom stereocenters. The minimum absolute atomic E-state index is 0.134. The lowest BCUT2D eigenvalue weighted by molar-refractivity contribution is -0.122. The van der Waals surface area contributed by atoms with Gasteiger partial charge in [0, 0.05) is 6.42 Å². The lowest BCUT2D eigenvalue weighted by atomic mass is 10.3. The molecule has 0 fully saturated rings. The summed E-state index contributed by atoms with van der Waals surface area (Å²) in [7, 11) is 0. The topological polar surface area (TPSA) is 67.2 Å². The zero-order chi connectivity index (χ0) is 12.7. The van der Waals surface area contributed by atoms with Gasteiger partial charge in [-0.15, -0.1) is 6.42 Å². The number of aryl methyl sites for hydroxylation is 1. The molecule has 92 valence electrons. The molecule has 5 nitrogen and oxygen atoms in total. The molecule has 1 aromatic rings. The third kappa shape index (κ3) is 4.29. The SMILES string of the molecule is C#CCNC(=O)C(C)NCc1ncc(CC)o1. The fraction of sp³-hybridized carbons (Fsp3) is 0.500. The summed E-state index contributed by atoms with van der Waals surface area (Å²) in [5.74, 6) is 3.63. The molecule has 0 aliphatic rings. The minimum Gasteiger partial charge on any atom is -0.444 e. The molecule has 17 heavy (non-hydrogen) atoms. The number of terminal acetylenes is 1. The number of rotatable bonds is 6. The molecule has 1 heterocycles. The Morgan fingerprint density at radius 1 is 1.71 bits per heavy atom. The maximum Gasteiger partial charge on any atom is 0.237 e. The van der Waals surface area contributed by atoms with Crippen molar-refractivity contribution in [2.45, 2.75) is 32.9 Å². The number of hydrogen-bond donors (Lipinski definition) is 2. The van der Waals surface area contributed by atoms with Gasteiger partial charge in [-0.3, -0.25) is 10.1 Å². The Hall–Kier alpha value is -1.80. The number of aromatic nitrogens is 1. The lowest BCUT2D eigenvalue weighted by Gasteiger charge is -2.11. The van der Waals surface area contributed by atoms with E-state index in [2.05, 4.69) is 21.5 Å². The standard InChI is InChI=1S/C12H17N3O2/c1-4-6-13-12(16)9(3)14-8-11-15-7-10(5-2)17-11/h1,7,9,14H,5-6,8H2,2-3H3,(H,13,16). The number of oxazole rings is 1. The molecular weight excluding hydrogens is 218 g/mol. The predicted octanol–water partition coefficient (Wildman–Crippen LogP) is 0.464. The van der Waals surface area contributed by atoms with E-state index in [0.29, 0.717) is 12.4 Å². The Kier molecular flexibility index (Phi) is 5.24. The first kappa shape index (κ1) is 13.3. The Morgan fingerprint density at radius 2 is 2.47 bits per heavy atom. The summed E-state index contributed by atoms with van der Waals surface area (Å²) in [4.78, 5) is 15.6. The van der Waals surface area contributed by atoms with Crippen molar-refractivity contribution in [3.05, 3.63) is 17.8 Å². The number of carbonyl (C=O) groups is 1. The highest BCUT2D eigenvalue weighted by Crippen LogP contribution is 2.03. The smallest absolute Gasteiger partial charge is 0.237 e. The molecule has 1 aromatic heterocycles. The first-order chi connectivity index (χ1) is 8.17. The zero-order valence-corrected chi connectivity index (χ0v) is 10.1. The van der Waals surface area contributed by atoms with Crippen molar-refractivity contribution >= 4 is 5.91 Å². The van der Waals surface area contributed by atoms with E-state index in [9.17, 15) is 4.79 Å². The van der Waals surface area contributed by atoms with Crippen molar-refractivity contribution < 1.29 is 9.21 Å². The molecule has 0 saturated carbocycles. The highest BCUT2D eigenvalue weighted by molar-refractivity contribution is 5.81. The Morgan fingerprint density at radius 3 is 3.06 bits per heavy atom. The van der Waals surface area contributed by atoms with E-state index in [4.69, 9.17) is 10.8 Å². The second-order valence-corrected chi connectivity index (χ2v) is 3.60. The number of carbonyl (C=O) groups excluding carboxylic acids is 1. The van der Waals surface area contributed by atoms with E-state index in [1.54, 1.807) is 13.1 Å². The number of nitrogens with zero attached hydrogens (tertiary/aromatic N) is 1. The number of amides is 1. The second-order valence-electron chi connectivity index (χ2n) is 3.60. The summed E-state index contributed by atoms with van der Waals surface area (Å²) in [5.41, 5.74) is 0. The lowest BCUT2D eigenvalue weighted by Crippen LogP contribution is -2.41. The van der Waals surface area contributed by atoms with Crippen LogP contribution in [0.5, 0.6) is 0 Å². The van der Waals surface area contributed by atoms with Gasteiger partial charge in [0.1, 0.15) is 5.76 Å². The van der Waals surface area contributed by atoms with Crippen LogP contribution in [0.25, 0.3) is 0 Å². The molecule has 0 radical (unpaired) electrons. The van der Waals surface area contributed by atoms with Gasteiger partial charge in [0.15, 0.2) is 0 Å². The molecule has 5 heteroatoms. The summed E-state index contributed by atoms with van der Waals surface area (Å²) in [5, 5.41) is 5.60. The first-order valence-electron chi connectivity index (χ1n) is 5.55. The van der Waals surface area contributed by atoms with E-state index in [0.717, 1.165) is 12.2 Å². The molecule has 0 bridgehead atoms. The highest BCUT2D eigenvalue weighted by Gasteiger charge is 2.12. The summed E-state index contributed by atoms with van der Waals surface area (Å²) in [6.45, 7) is 4.41. The molecule has 0 spiro atoms. The Balaban J connectivity index is 2.34. The molecule has 0 saturated heterocycles. The Labute approximate surface area is 101 Å². The van der Waals surface area contributed by atoms with Gasteiger partial charge in [-0.1, -0.05) is 12.8 Å². The average molecular weight is 235 g/mol. The fourth-order valence-corrected chi connectivity index (χ4v) is 1.22. The monoisotopic (exact) mass is 235 g/mol. The van der Waals surface area contributed by atoms with Gasteiger partial charge in [0.2, 0.25) is 11.8 Å². The van der Waals surface area contributed by atoms with Crippen LogP contribution in [0.1, 0.15) is 25.5 Å². The minimum atomic E-state index is -0.333. The molecule has 1 amide bonds. The van der Waals surface area contributed by atoms with Crippen LogP contribution in [0.4, 0.5) is 0 Å². The van der Waals surface area contributed by atoms with Crippen molar-refractivity contribution in [1.29, 1.82) is 0 Å². The van der Waals surface area contributed by atoms with Gasteiger partial charge in [-0.05, 0) is 6.92 Å². The second kappa shape index (κ2) is 6.71. The summed E-state index contributed by atoms with van der Waals surface area (Å²) >= 11 is 0. The fourth-order valence-electron chi connectivity index (χ4n) is 1.22. The zero-order valence-electron chi connectivity index (χ0n) is 10.1. The van der Waals surface area contributed by atoms with Gasteiger partial charge in [0.05, 0.1) is 25.3 Å². The molecule has 0 aromatic carbocycles. The summed E-state index contributed by atoms with van der Waals surface area (Å²) in [6.07, 6.45) is 7.56. The molecule has 2 N–H and O–H groups in total. The molecule has 1 rings (SSSR count). The van der Waals surface area contributed by atoms with Gasteiger partial charge in [0.25, 0.3) is 0 Å². The van der Waals surface area contributed by atoms with Crippen molar-refractivity contribution in [1.82, 2.24) is 15.6 Å². The number of hydrogen-bond acceptors (Lipinski definition) is 4. The van der Waals surface area contributed by atoms with Crippen LogP contribution >= 0.6 is 0 Å². The van der Waals surface area contributed by atoms with E-state index >= 15 is 0 Å². The molecule has 0 aliphatic heterocycles. The van der Waals surface area contributed by atoms with E-state index < -0.39 is 0 Å². The van der Waals surface area contributed by atoms with Crippen molar-refractivity contribution in [3.8, 4) is 12.3 Å². The van der Waals surface area contributed by atoms with Crippen molar-refractivity contribution in [3.63, 3.8) is 0 Å². The van der Waals surface area contributed by atoms with Gasteiger partial charge in [-0.2, -0.15) is 0 Å². The van der Waals surface area contributed by atoms with Crippen molar-refractivity contribution in [2.75, 3.05) is 6.54 Å². The van der Waals surface area contributed by atoms with Crippen LogP contribution < -0.4 is 10.6 Å². The van der Waals surface area contributed by atoms with E-state index in [1.165, 1.54) is 0 Å². The maximum absolute atomic E-state index is 11.5. The molecular formula is C12H17N3O2. The van der Waals surface area contributed by atoms with Crippen molar-refractivity contribution in [2.24, 2.45) is 0 Å². The highest BCUT2D eigenvalue weighted by atomic mass is 16.4. The summed E-state index contributed by atoms with van der Waals surface area (Å²) in [6, 6.07) is -0.333. The van der Waals surface area contributed by atoms with Gasteiger partial charge in [-0.25, -0.2) is 4.98 Å². The normalized spacial score (nSPS) is 11.8. The molecule has 1 atom stereocenters. The van der Waals surface area contributed by atoms with Gasteiger partial charge >= 0.3 is 0 Å². The van der Waals surface area contributed by atoms with Crippen LogP contribution in [-0.4, -0.2) is 23.5 Å². The van der Waals surface area contributed by atoms with Crippen LogP contribution in [0.15, 0.2) is 10.6 Å².